The summed E-state index contributed by atoms with van der Waals surface area (Å²) in [6.45, 7) is 5.80. The molecule has 7 nitrogen and oxygen atoms in total. The van der Waals surface area contributed by atoms with Crippen LogP contribution in [0, 0.1) is 0 Å². The third kappa shape index (κ3) is 4.46. The lowest BCUT2D eigenvalue weighted by Gasteiger charge is -2.29. The van der Waals surface area contributed by atoms with Gasteiger partial charge in [-0.15, -0.1) is 0 Å². The van der Waals surface area contributed by atoms with Crippen LogP contribution in [0.3, 0.4) is 0 Å². The van der Waals surface area contributed by atoms with Gasteiger partial charge in [-0.1, -0.05) is 6.92 Å². The molecule has 0 aromatic carbocycles. The molecule has 0 fully saturated rings. The number of carbonyl (C=O) groups is 1. The summed E-state index contributed by atoms with van der Waals surface area (Å²) < 4.78 is 11.9. The zero-order valence-corrected chi connectivity index (χ0v) is 11.5. The molecule has 0 aliphatic rings. The number of amides is 1. The first-order chi connectivity index (χ1) is 7.79. The topological polar surface area (TPSA) is 93.4 Å². The molecule has 1 amide bonds. The van der Waals surface area contributed by atoms with Crippen LogP contribution in [0.5, 0.6) is 0 Å². The van der Waals surface area contributed by atoms with Crippen molar-refractivity contribution in [2.45, 2.75) is 27.2 Å². The Labute approximate surface area is 101 Å². The summed E-state index contributed by atoms with van der Waals surface area (Å²) >= 11 is 0. The highest BCUT2D eigenvalue weighted by atomic mass is 31.2. The van der Waals surface area contributed by atoms with Crippen molar-refractivity contribution in [1.82, 2.24) is 9.57 Å². The second-order valence-electron chi connectivity index (χ2n) is 3.30. The SMILES string of the molecule is CCN=C(N(CC)C(=O)CC)N(C)P(=O)(O)O. The van der Waals surface area contributed by atoms with Crippen LogP contribution in [-0.4, -0.2) is 51.4 Å². The number of rotatable bonds is 4. The second-order valence-corrected chi connectivity index (χ2v) is 4.93. The Hall–Kier alpha value is -0.910. The first-order valence-corrected chi connectivity index (χ1v) is 7.00. The van der Waals surface area contributed by atoms with Gasteiger partial charge in [0.1, 0.15) is 0 Å². The Bertz CT molecular complexity index is 339. The maximum Gasteiger partial charge on any atom is 0.432 e. The summed E-state index contributed by atoms with van der Waals surface area (Å²) in [6, 6.07) is 0. The van der Waals surface area contributed by atoms with Gasteiger partial charge in [0.05, 0.1) is 0 Å². The van der Waals surface area contributed by atoms with Gasteiger partial charge >= 0.3 is 7.75 Å². The van der Waals surface area contributed by atoms with Gasteiger partial charge in [-0.3, -0.25) is 19.4 Å². The predicted molar refractivity (Wildman–Crippen MR) is 65.5 cm³/mol. The van der Waals surface area contributed by atoms with Crippen LogP contribution in [-0.2, 0) is 9.36 Å². The summed E-state index contributed by atoms with van der Waals surface area (Å²) in [4.78, 5) is 35.1. The van der Waals surface area contributed by atoms with E-state index in [0.29, 0.717) is 13.1 Å². The molecule has 0 aliphatic heterocycles. The summed E-state index contributed by atoms with van der Waals surface area (Å²) in [6.07, 6.45) is 0.256. The standard InChI is InChI=1S/C9H20N3O4P/c1-5-8(13)12(7-3)9(10-6-2)11(4)17(14,15)16/h5-7H2,1-4H3,(H2,14,15,16). The van der Waals surface area contributed by atoms with Crippen LogP contribution in [0.25, 0.3) is 0 Å². The summed E-state index contributed by atoms with van der Waals surface area (Å²) in [7, 11) is -3.23. The quantitative estimate of drug-likeness (QED) is 0.442. The third-order valence-corrected chi connectivity index (χ3v) is 3.10. The average molecular weight is 265 g/mol. The first-order valence-electron chi connectivity index (χ1n) is 5.44. The molecule has 0 aliphatic carbocycles. The van der Waals surface area contributed by atoms with Gasteiger partial charge in [0, 0.05) is 26.6 Å². The number of aliphatic imine (C=N–C) groups is 1. The number of nitrogens with zero attached hydrogens (tertiary/aromatic N) is 3. The van der Waals surface area contributed by atoms with Gasteiger partial charge in [-0.25, -0.2) is 4.57 Å². The van der Waals surface area contributed by atoms with Crippen molar-refractivity contribution >= 4 is 19.6 Å². The molecule has 100 valence electrons. The predicted octanol–water partition coefficient (Wildman–Crippen LogP) is 0.645. The van der Waals surface area contributed by atoms with Crippen molar-refractivity contribution in [3.63, 3.8) is 0 Å². The summed E-state index contributed by atoms with van der Waals surface area (Å²) in [5, 5.41) is 0. The minimum Gasteiger partial charge on any atom is -0.308 e. The molecule has 0 spiro atoms. The molecule has 0 radical (unpaired) electrons. The fraction of sp³-hybridized carbons (Fsp3) is 0.778. The van der Waals surface area contributed by atoms with Crippen molar-refractivity contribution in [3.8, 4) is 0 Å². The molecule has 0 atom stereocenters. The minimum atomic E-state index is -4.45. The Morgan fingerprint density at radius 1 is 1.29 bits per heavy atom. The Kier molecular flexibility index (Phi) is 6.37. The molecule has 0 unspecified atom stereocenters. The highest BCUT2D eigenvalue weighted by molar-refractivity contribution is 7.49. The van der Waals surface area contributed by atoms with Gasteiger partial charge in [0.2, 0.25) is 11.9 Å². The molecule has 0 bridgehead atoms. The smallest absolute Gasteiger partial charge is 0.308 e. The maximum atomic E-state index is 11.7. The fourth-order valence-corrected chi connectivity index (χ4v) is 1.64. The Morgan fingerprint density at radius 3 is 2.12 bits per heavy atom. The number of guanidine groups is 1. The lowest BCUT2D eigenvalue weighted by atomic mass is 10.4. The van der Waals surface area contributed by atoms with Crippen LogP contribution in [0.2, 0.25) is 0 Å². The van der Waals surface area contributed by atoms with Gasteiger partial charge < -0.3 is 9.79 Å². The lowest BCUT2D eigenvalue weighted by Crippen LogP contribution is -2.44. The van der Waals surface area contributed by atoms with E-state index in [-0.39, 0.29) is 18.3 Å². The van der Waals surface area contributed by atoms with Crippen molar-refractivity contribution in [2.24, 2.45) is 4.99 Å². The van der Waals surface area contributed by atoms with Crippen LogP contribution < -0.4 is 0 Å². The number of hydrogen-bond acceptors (Lipinski definition) is 3. The summed E-state index contributed by atoms with van der Waals surface area (Å²) in [5.74, 6) is -0.213. The fourth-order valence-electron chi connectivity index (χ4n) is 1.24. The normalized spacial score (nSPS) is 12.5. The third-order valence-electron chi connectivity index (χ3n) is 2.14. The van der Waals surface area contributed by atoms with Gasteiger partial charge in [0.15, 0.2) is 0 Å². The van der Waals surface area contributed by atoms with E-state index >= 15 is 0 Å². The monoisotopic (exact) mass is 265 g/mol. The largest absolute Gasteiger partial charge is 0.432 e. The molecule has 0 rings (SSSR count). The highest BCUT2D eigenvalue weighted by Crippen LogP contribution is 2.39. The van der Waals surface area contributed by atoms with E-state index in [1.807, 2.05) is 0 Å². The van der Waals surface area contributed by atoms with Crippen molar-refractivity contribution in [3.05, 3.63) is 0 Å². The van der Waals surface area contributed by atoms with Crippen LogP contribution in [0.1, 0.15) is 27.2 Å². The highest BCUT2D eigenvalue weighted by Gasteiger charge is 2.29. The average Bonchev–Trinajstić information content (AvgIpc) is 2.26. The Balaban J connectivity index is 5.29. The van der Waals surface area contributed by atoms with Gasteiger partial charge in [-0.05, 0) is 13.8 Å². The molecule has 0 heterocycles. The zero-order valence-electron chi connectivity index (χ0n) is 10.6. The molecule has 17 heavy (non-hydrogen) atoms. The van der Waals surface area contributed by atoms with E-state index < -0.39 is 7.75 Å². The van der Waals surface area contributed by atoms with Crippen molar-refractivity contribution < 1.29 is 19.1 Å². The summed E-state index contributed by atoms with van der Waals surface area (Å²) in [5.41, 5.74) is 0. The second kappa shape index (κ2) is 6.74. The molecule has 2 N–H and O–H groups in total. The van der Waals surface area contributed by atoms with E-state index in [1.165, 1.54) is 11.9 Å². The zero-order chi connectivity index (χ0) is 13.6. The van der Waals surface area contributed by atoms with Crippen molar-refractivity contribution in [2.75, 3.05) is 20.1 Å². The molecule has 0 aromatic heterocycles. The molecule has 8 heteroatoms. The molecule has 0 saturated heterocycles. The molecule has 0 saturated carbocycles. The van der Waals surface area contributed by atoms with E-state index in [9.17, 15) is 9.36 Å². The van der Waals surface area contributed by atoms with E-state index in [1.54, 1.807) is 20.8 Å². The minimum absolute atomic E-state index is 0.00943. The lowest BCUT2D eigenvalue weighted by molar-refractivity contribution is -0.127. The van der Waals surface area contributed by atoms with Gasteiger partial charge in [0.25, 0.3) is 0 Å². The molecular formula is C9H20N3O4P. The van der Waals surface area contributed by atoms with Crippen molar-refractivity contribution in [1.29, 1.82) is 0 Å². The Morgan fingerprint density at radius 2 is 1.82 bits per heavy atom. The van der Waals surface area contributed by atoms with Crippen LogP contribution >= 0.6 is 7.75 Å². The van der Waals surface area contributed by atoms with E-state index in [4.69, 9.17) is 9.79 Å². The van der Waals surface area contributed by atoms with E-state index in [2.05, 4.69) is 4.99 Å². The maximum absolute atomic E-state index is 11.7. The first kappa shape index (κ1) is 16.1. The van der Waals surface area contributed by atoms with Crippen LogP contribution in [0.15, 0.2) is 4.99 Å². The molecule has 0 aromatic rings. The number of carbonyl (C=O) groups excluding carboxylic acids is 1. The van der Waals surface area contributed by atoms with Crippen LogP contribution in [0.4, 0.5) is 0 Å². The molecular weight excluding hydrogens is 245 g/mol. The number of hydrogen-bond donors (Lipinski definition) is 2. The van der Waals surface area contributed by atoms with Gasteiger partial charge in [-0.2, -0.15) is 0 Å². The van der Waals surface area contributed by atoms with E-state index in [0.717, 1.165) is 4.67 Å².